The van der Waals surface area contributed by atoms with Gasteiger partial charge in [0.25, 0.3) is 0 Å². The van der Waals surface area contributed by atoms with Gasteiger partial charge in [-0.15, -0.1) is 0 Å². The third-order valence-electron chi connectivity index (χ3n) is 2.16. The molecular formula is C13H14Cl2O4. The monoisotopic (exact) mass is 304 g/mol. The number of rotatable bonds is 5. The first-order chi connectivity index (χ1) is 8.91. The van der Waals surface area contributed by atoms with Crippen LogP contribution in [0.1, 0.15) is 25.3 Å². The maximum Gasteiger partial charge on any atom is 0.326 e. The minimum atomic E-state index is -1.19. The summed E-state index contributed by atoms with van der Waals surface area (Å²) in [7, 11) is 0. The smallest absolute Gasteiger partial charge is 0.326 e. The molecule has 2 atom stereocenters. The maximum atomic E-state index is 11.9. The molecule has 4 nitrogen and oxygen atoms in total. The van der Waals surface area contributed by atoms with Crippen LogP contribution in [0.2, 0.25) is 0 Å². The van der Waals surface area contributed by atoms with Crippen molar-refractivity contribution in [1.82, 2.24) is 0 Å². The van der Waals surface area contributed by atoms with Crippen molar-refractivity contribution < 1.29 is 19.1 Å². The molecule has 0 saturated heterocycles. The fraction of sp³-hybridized carbons (Fsp3) is 0.385. The van der Waals surface area contributed by atoms with Crippen LogP contribution >= 0.6 is 23.2 Å². The van der Waals surface area contributed by atoms with Crippen molar-refractivity contribution in [1.29, 1.82) is 0 Å². The van der Waals surface area contributed by atoms with Gasteiger partial charge >= 0.3 is 11.9 Å². The maximum absolute atomic E-state index is 11.9. The molecular weight excluding hydrogens is 291 g/mol. The summed E-state index contributed by atoms with van der Waals surface area (Å²) < 4.78 is 9.70. The summed E-state index contributed by atoms with van der Waals surface area (Å²) in [5.74, 6) is -2.73. The van der Waals surface area contributed by atoms with E-state index in [4.69, 9.17) is 32.7 Å². The molecule has 6 heteroatoms. The summed E-state index contributed by atoms with van der Waals surface area (Å²) in [5.41, 5.74) is -1.20. The molecule has 2 unspecified atom stereocenters. The molecule has 0 bridgehead atoms. The molecule has 0 aliphatic heterocycles. The molecule has 0 amide bonds. The van der Waals surface area contributed by atoms with Crippen molar-refractivity contribution in [3.8, 4) is 0 Å². The average molecular weight is 305 g/mol. The summed E-state index contributed by atoms with van der Waals surface area (Å²) in [5, 5.41) is 0. The van der Waals surface area contributed by atoms with E-state index >= 15 is 0 Å². The summed E-state index contributed by atoms with van der Waals surface area (Å²) >= 11 is 11.2. The largest absolute Gasteiger partial charge is 0.445 e. The van der Waals surface area contributed by atoms with Crippen LogP contribution in [0.4, 0.5) is 0 Å². The quantitative estimate of drug-likeness (QED) is 0.477. The first-order valence-electron chi connectivity index (χ1n) is 5.66. The minimum Gasteiger partial charge on any atom is -0.445 e. The molecule has 1 rings (SSSR count). The van der Waals surface area contributed by atoms with Crippen LogP contribution in [-0.2, 0) is 19.1 Å². The van der Waals surface area contributed by atoms with Gasteiger partial charge in [-0.25, -0.2) is 0 Å². The van der Waals surface area contributed by atoms with E-state index in [1.807, 2.05) is 0 Å². The molecule has 0 fully saturated rings. The van der Waals surface area contributed by atoms with E-state index in [9.17, 15) is 9.59 Å². The Bertz CT molecular complexity index is 410. The van der Waals surface area contributed by atoms with E-state index in [1.54, 1.807) is 30.3 Å². The SMILES string of the molecule is CC(Cl)OC(=O)C(C(=O)OC(C)Cl)c1ccccc1. The molecule has 1 aromatic rings. The number of esters is 2. The van der Waals surface area contributed by atoms with Gasteiger partial charge in [0.2, 0.25) is 0 Å². The van der Waals surface area contributed by atoms with Gasteiger partial charge in [0.05, 0.1) is 0 Å². The van der Waals surface area contributed by atoms with Gasteiger partial charge < -0.3 is 9.47 Å². The highest BCUT2D eigenvalue weighted by Crippen LogP contribution is 2.21. The average Bonchev–Trinajstić information content (AvgIpc) is 2.28. The van der Waals surface area contributed by atoms with Crippen molar-refractivity contribution in [2.75, 3.05) is 0 Å². The number of hydrogen-bond donors (Lipinski definition) is 0. The van der Waals surface area contributed by atoms with E-state index in [0.29, 0.717) is 5.56 Å². The van der Waals surface area contributed by atoms with Crippen LogP contribution < -0.4 is 0 Å². The lowest BCUT2D eigenvalue weighted by Gasteiger charge is -2.17. The second-order valence-electron chi connectivity index (χ2n) is 3.80. The van der Waals surface area contributed by atoms with Gasteiger partial charge in [0.15, 0.2) is 17.0 Å². The predicted octanol–water partition coefficient (Wildman–Crippen LogP) is 3.03. The molecule has 1 aromatic carbocycles. The molecule has 0 radical (unpaired) electrons. The van der Waals surface area contributed by atoms with Gasteiger partial charge in [-0.1, -0.05) is 53.5 Å². The molecule has 0 aliphatic carbocycles. The zero-order valence-electron chi connectivity index (χ0n) is 10.5. The Morgan fingerprint density at radius 3 is 1.74 bits per heavy atom. The van der Waals surface area contributed by atoms with Crippen LogP contribution in [0.15, 0.2) is 30.3 Å². The van der Waals surface area contributed by atoms with E-state index in [0.717, 1.165) is 0 Å². The summed E-state index contributed by atoms with van der Waals surface area (Å²) in [6.45, 7) is 2.97. The lowest BCUT2D eigenvalue weighted by molar-refractivity contribution is -0.158. The number of carbonyl (C=O) groups is 2. The Hall–Kier alpha value is -1.26. The van der Waals surface area contributed by atoms with Gasteiger partial charge in [-0.2, -0.15) is 0 Å². The Kier molecular flexibility index (Phi) is 6.12. The van der Waals surface area contributed by atoms with Crippen molar-refractivity contribution in [2.24, 2.45) is 0 Å². The Morgan fingerprint density at radius 1 is 0.947 bits per heavy atom. The highest BCUT2D eigenvalue weighted by Gasteiger charge is 2.33. The fourth-order valence-electron chi connectivity index (χ4n) is 1.47. The second kappa shape index (κ2) is 7.36. The lowest BCUT2D eigenvalue weighted by atomic mass is 9.99. The summed E-state index contributed by atoms with van der Waals surface area (Å²) in [6.07, 6.45) is 0. The van der Waals surface area contributed by atoms with E-state index < -0.39 is 29.0 Å². The normalized spacial score (nSPS) is 15.2. The van der Waals surface area contributed by atoms with Crippen molar-refractivity contribution in [2.45, 2.75) is 30.9 Å². The molecule has 0 aromatic heterocycles. The van der Waals surface area contributed by atoms with E-state index in [1.165, 1.54) is 13.8 Å². The number of benzene rings is 1. The number of halogens is 2. The Morgan fingerprint density at radius 2 is 1.37 bits per heavy atom. The third-order valence-corrected chi connectivity index (χ3v) is 2.34. The Labute approximate surface area is 121 Å². The molecule has 0 N–H and O–H groups in total. The standard InChI is InChI=1S/C13H14Cl2O4/c1-8(14)18-12(16)11(13(17)19-9(2)15)10-6-4-3-5-7-10/h3-9,11H,1-2H3. The summed E-state index contributed by atoms with van der Waals surface area (Å²) in [6, 6.07) is 8.44. The minimum absolute atomic E-state index is 0.465. The lowest BCUT2D eigenvalue weighted by Crippen LogP contribution is -2.28. The second-order valence-corrected chi connectivity index (χ2v) is 5.03. The van der Waals surface area contributed by atoms with Crippen LogP contribution in [0.25, 0.3) is 0 Å². The highest BCUT2D eigenvalue weighted by molar-refractivity contribution is 6.21. The number of ether oxygens (including phenoxy) is 2. The van der Waals surface area contributed by atoms with E-state index in [2.05, 4.69) is 0 Å². The number of hydrogen-bond acceptors (Lipinski definition) is 4. The Balaban J connectivity index is 2.97. The van der Waals surface area contributed by atoms with E-state index in [-0.39, 0.29) is 0 Å². The van der Waals surface area contributed by atoms with Crippen molar-refractivity contribution >= 4 is 35.1 Å². The third kappa shape index (κ3) is 5.09. The summed E-state index contributed by atoms with van der Waals surface area (Å²) in [4.78, 5) is 23.9. The van der Waals surface area contributed by atoms with Crippen molar-refractivity contribution in [3.63, 3.8) is 0 Å². The molecule has 19 heavy (non-hydrogen) atoms. The van der Waals surface area contributed by atoms with Crippen LogP contribution in [0.5, 0.6) is 0 Å². The first-order valence-corrected chi connectivity index (χ1v) is 6.53. The van der Waals surface area contributed by atoms with Gasteiger partial charge in [0, 0.05) is 0 Å². The van der Waals surface area contributed by atoms with Crippen LogP contribution in [-0.4, -0.2) is 23.1 Å². The van der Waals surface area contributed by atoms with Crippen LogP contribution in [0.3, 0.4) is 0 Å². The highest BCUT2D eigenvalue weighted by atomic mass is 35.5. The number of carbonyl (C=O) groups excluding carboxylic acids is 2. The number of alkyl halides is 2. The van der Waals surface area contributed by atoms with Gasteiger partial charge in [0.1, 0.15) is 0 Å². The van der Waals surface area contributed by atoms with Gasteiger partial charge in [-0.05, 0) is 19.4 Å². The molecule has 0 spiro atoms. The molecule has 104 valence electrons. The predicted molar refractivity (Wildman–Crippen MR) is 72.0 cm³/mol. The topological polar surface area (TPSA) is 52.6 Å². The van der Waals surface area contributed by atoms with Gasteiger partial charge in [-0.3, -0.25) is 9.59 Å². The van der Waals surface area contributed by atoms with Crippen LogP contribution in [0, 0.1) is 0 Å². The first kappa shape index (κ1) is 15.8. The fourth-order valence-corrected chi connectivity index (χ4v) is 1.65. The molecule has 0 aliphatic rings. The zero-order chi connectivity index (χ0) is 14.4. The molecule has 0 heterocycles. The zero-order valence-corrected chi connectivity index (χ0v) is 12.0. The molecule has 0 saturated carbocycles. The van der Waals surface area contributed by atoms with Crippen molar-refractivity contribution in [3.05, 3.63) is 35.9 Å².